The van der Waals surface area contributed by atoms with Gasteiger partial charge in [-0.2, -0.15) is 8.78 Å². The van der Waals surface area contributed by atoms with Crippen LogP contribution < -0.4 is 5.56 Å². The smallest absolute Gasteiger partial charge is 0.330 e. The third kappa shape index (κ3) is 4.66. The molecule has 1 aromatic heterocycles. The van der Waals surface area contributed by atoms with Crippen LogP contribution in [0.2, 0.25) is 0 Å². The third-order valence-electron chi connectivity index (χ3n) is 2.11. The summed E-state index contributed by atoms with van der Waals surface area (Å²) in [5.41, 5.74) is -0.164. The molecule has 0 fully saturated rings. The first-order chi connectivity index (χ1) is 9.27. The van der Waals surface area contributed by atoms with Crippen molar-refractivity contribution in [2.45, 2.75) is 25.6 Å². The molecular weight excluding hydrogens is 399 g/mol. The van der Waals surface area contributed by atoms with Gasteiger partial charge in [0.1, 0.15) is 22.6 Å². The number of halogens is 5. The lowest BCUT2D eigenvalue weighted by Crippen LogP contribution is -2.32. The van der Waals surface area contributed by atoms with E-state index in [1.54, 1.807) is 22.6 Å². The number of alkyl halides is 4. The van der Waals surface area contributed by atoms with Gasteiger partial charge in [0.2, 0.25) is 0 Å². The van der Waals surface area contributed by atoms with E-state index in [4.69, 9.17) is 4.74 Å². The number of aromatic nitrogens is 2. The number of hydrogen-bond donors (Lipinski definition) is 1. The number of nitrogens with one attached hydrogen (secondary N) is 1. The van der Waals surface area contributed by atoms with Crippen molar-refractivity contribution in [1.29, 1.82) is 0 Å². The van der Waals surface area contributed by atoms with Crippen LogP contribution in [-0.2, 0) is 22.7 Å². The van der Waals surface area contributed by atoms with E-state index >= 15 is 0 Å². The van der Waals surface area contributed by atoms with Crippen molar-refractivity contribution in [2.24, 2.45) is 0 Å². The van der Waals surface area contributed by atoms with Crippen LogP contribution in [0.15, 0.2) is 4.79 Å². The number of nitrogens with zero attached hydrogens (tertiary/aromatic N) is 1. The summed E-state index contributed by atoms with van der Waals surface area (Å²) in [6.07, 6.45) is -3.81. The van der Waals surface area contributed by atoms with E-state index in [-0.39, 0.29) is 12.4 Å². The van der Waals surface area contributed by atoms with E-state index in [0.29, 0.717) is 9.26 Å². The van der Waals surface area contributed by atoms with Gasteiger partial charge in [-0.3, -0.25) is 4.79 Å². The Morgan fingerprint density at radius 1 is 1.40 bits per heavy atom. The molecule has 1 aromatic rings. The Morgan fingerprint density at radius 3 is 2.60 bits per heavy atom. The number of methoxy groups -OCH3 is 1. The molecule has 0 amide bonds. The normalized spacial score (nSPS) is 12.2. The summed E-state index contributed by atoms with van der Waals surface area (Å²) < 4.78 is 58.6. The largest absolute Gasteiger partial charge is 0.378 e. The zero-order valence-corrected chi connectivity index (χ0v) is 12.4. The SMILES string of the molecule is COCc1nc(COCC(F)(F)C(F)F)[nH]c(=O)c1I. The first kappa shape index (κ1) is 17.3. The molecule has 1 rings (SSSR count). The lowest BCUT2D eigenvalue weighted by atomic mass is 10.4. The molecule has 1 N–H and O–H groups in total. The van der Waals surface area contributed by atoms with Crippen molar-refractivity contribution in [1.82, 2.24) is 9.97 Å². The topological polar surface area (TPSA) is 64.2 Å². The van der Waals surface area contributed by atoms with Gasteiger partial charge in [-0.15, -0.1) is 0 Å². The van der Waals surface area contributed by atoms with Crippen molar-refractivity contribution >= 4 is 22.6 Å². The second-order valence-electron chi connectivity index (χ2n) is 3.76. The van der Waals surface area contributed by atoms with E-state index < -0.39 is 31.1 Å². The fourth-order valence-corrected chi connectivity index (χ4v) is 1.62. The quantitative estimate of drug-likeness (QED) is 0.552. The highest BCUT2D eigenvalue weighted by molar-refractivity contribution is 14.1. The highest BCUT2D eigenvalue weighted by Gasteiger charge is 2.41. The molecule has 0 aliphatic rings. The molecule has 20 heavy (non-hydrogen) atoms. The third-order valence-corrected chi connectivity index (χ3v) is 3.23. The van der Waals surface area contributed by atoms with Gasteiger partial charge in [-0.05, 0) is 22.6 Å². The zero-order chi connectivity index (χ0) is 15.3. The first-order valence-electron chi connectivity index (χ1n) is 5.28. The van der Waals surface area contributed by atoms with Gasteiger partial charge in [0, 0.05) is 7.11 Å². The molecule has 10 heteroatoms. The molecule has 5 nitrogen and oxygen atoms in total. The van der Waals surface area contributed by atoms with Gasteiger partial charge >= 0.3 is 12.3 Å². The summed E-state index contributed by atoms with van der Waals surface area (Å²) in [7, 11) is 1.40. The van der Waals surface area contributed by atoms with Crippen LogP contribution in [0.4, 0.5) is 17.6 Å². The maximum Gasteiger partial charge on any atom is 0.330 e. The van der Waals surface area contributed by atoms with E-state index in [2.05, 4.69) is 14.7 Å². The number of ether oxygens (including phenoxy) is 2. The van der Waals surface area contributed by atoms with Crippen LogP contribution in [0.5, 0.6) is 0 Å². The molecule has 0 aliphatic heterocycles. The van der Waals surface area contributed by atoms with Gasteiger partial charge in [0.15, 0.2) is 0 Å². The molecule has 1 heterocycles. The molecule has 0 saturated heterocycles. The van der Waals surface area contributed by atoms with Crippen LogP contribution >= 0.6 is 22.6 Å². The molecule has 0 unspecified atom stereocenters. The standard InChI is InChI=1S/C10H11F4IN2O3/c1-19-2-5-7(15)8(18)17-6(16-5)3-20-4-10(13,14)9(11)12/h9H,2-4H2,1H3,(H,16,17,18). The number of rotatable bonds is 7. The molecule has 0 bridgehead atoms. The molecular formula is C10H11F4IN2O3. The van der Waals surface area contributed by atoms with Crippen LogP contribution in [0, 0.1) is 3.57 Å². The fourth-order valence-electron chi connectivity index (χ4n) is 1.20. The Morgan fingerprint density at radius 2 is 2.05 bits per heavy atom. The van der Waals surface area contributed by atoms with Crippen LogP contribution in [0.25, 0.3) is 0 Å². The Balaban J connectivity index is 2.72. The summed E-state index contributed by atoms with van der Waals surface area (Å²) in [6.45, 7) is -1.91. The molecule has 0 aliphatic carbocycles. The fraction of sp³-hybridized carbons (Fsp3) is 0.600. The molecule has 0 spiro atoms. The van der Waals surface area contributed by atoms with E-state index in [9.17, 15) is 22.4 Å². The Labute approximate surface area is 124 Å². The van der Waals surface area contributed by atoms with Gasteiger partial charge in [-0.25, -0.2) is 13.8 Å². The predicted molar refractivity (Wildman–Crippen MR) is 68.9 cm³/mol. The summed E-state index contributed by atoms with van der Waals surface area (Å²) >= 11 is 1.76. The Bertz CT molecular complexity index is 510. The molecule has 114 valence electrons. The van der Waals surface area contributed by atoms with E-state index in [1.165, 1.54) is 7.11 Å². The maximum absolute atomic E-state index is 12.6. The summed E-state index contributed by atoms with van der Waals surface area (Å²) in [5.74, 6) is -4.27. The highest BCUT2D eigenvalue weighted by atomic mass is 127. The van der Waals surface area contributed by atoms with Crippen molar-refractivity contribution in [2.75, 3.05) is 13.7 Å². The summed E-state index contributed by atoms with van der Waals surface area (Å²) in [5, 5.41) is 0. The number of hydrogen-bond acceptors (Lipinski definition) is 4. The van der Waals surface area contributed by atoms with Gasteiger partial charge in [-0.1, -0.05) is 0 Å². The summed E-state index contributed by atoms with van der Waals surface area (Å²) in [6, 6.07) is 0. The van der Waals surface area contributed by atoms with Crippen LogP contribution in [-0.4, -0.2) is 36.0 Å². The van der Waals surface area contributed by atoms with Crippen molar-refractivity contribution < 1.29 is 27.0 Å². The average molecular weight is 410 g/mol. The van der Waals surface area contributed by atoms with Crippen LogP contribution in [0.3, 0.4) is 0 Å². The predicted octanol–water partition coefficient (Wildman–Crippen LogP) is 1.94. The van der Waals surface area contributed by atoms with Crippen molar-refractivity contribution in [3.8, 4) is 0 Å². The molecule has 0 aromatic carbocycles. The number of H-pyrrole nitrogens is 1. The monoisotopic (exact) mass is 410 g/mol. The van der Waals surface area contributed by atoms with E-state index in [1.807, 2.05) is 0 Å². The maximum atomic E-state index is 12.6. The summed E-state index contributed by atoms with van der Waals surface area (Å²) in [4.78, 5) is 17.8. The second-order valence-corrected chi connectivity index (χ2v) is 4.84. The second kappa shape index (κ2) is 7.31. The lowest BCUT2D eigenvalue weighted by molar-refractivity contribution is -0.168. The minimum absolute atomic E-state index is 0.0347. The minimum Gasteiger partial charge on any atom is -0.378 e. The Kier molecular flexibility index (Phi) is 6.33. The first-order valence-corrected chi connectivity index (χ1v) is 6.36. The molecule has 0 saturated carbocycles. The lowest BCUT2D eigenvalue weighted by Gasteiger charge is -2.15. The Hall–Kier alpha value is -0.750. The number of aromatic amines is 1. The molecule has 0 atom stereocenters. The van der Waals surface area contributed by atoms with Gasteiger partial charge in [0.25, 0.3) is 5.56 Å². The zero-order valence-electron chi connectivity index (χ0n) is 10.3. The van der Waals surface area contributed by atoms with Gasteiger partial charge < -0.3 is 14.5 Å². The molecule has 0 radical (unpaired) electrons. The average Bonchev–Trinajstić information content (AvgIpc) is 2.35. The minimum atomic E-state index is -4.24. The van der Waals surface area contributed by atoms with Gasteiger partial charge in [0.05, 0.1) is 12.3 Å². The highest BCUT2D eigenvalue weighted by Crippen LogP contribution is 2.23. The van der Waals surface area contributed by atoms with Crippen LogP contribution in [0.1, 0.15) is 11.5 Å². The van der Waals surface area contributed by atoms with Crippen molar-refractivity contribution in [3.05, 3.63) is 25.4 Å². The van der Waals surface area contributed by atoms with Crippen molar-refractivity contribution in [3.63, 3.8) is 0 Å². The van der Waals surface area contributed by atoms with E-state index in [0.717, 1.165) is 0 Å².